The number of carbonyl (C=O) groups is 2. The molecule has 3 aromatic carbocycles. The summed E-state index contributed by atoms with van der Waals surface area (Å²) >= 11 is 0. The molecule has 1 aliphatic rings. The fourth-order valence-corrected chi connectivity index (χ4v) is 5.19. The molecule has 0 radical (unpaired) electrons. The van der Waals surface area contributed by atoms with E-state index in [2.05, 4.69) is 45.9 Å². The molecule has 0 bridgehead atoms. The minimum absolute atomic E-state index is 0.128. The molecule has 0 spiro atoms. The average Bonchev–Trinajstić information content (AvgIpc) is 2.86. The van der Waals surface area contributed by atoms with Crippen molar-refractivity contribution >= 4 is 12.3 Å². The molecular formula is C32H36O4. The normalized spacial score (nSPS) is 15.6. The topological polar surface area (TPSA) is 52.6 Å². The highest BCUT2D eigenvalue weighted by Gasteiger charge is 2.36. The number of esters is 1. The van der Waals surface area contributed by atoms with E-state index in [1.807, 2.05) is 30.3 Å². The molecule has 0 amide bonds. The van der Waals surface area contributed by atoms with Crippen LogP contribution in [0.5, 0.6) is 5.75 Å². The molecular weight excluding hydrogens is 448 g/mol. The molecule has 4 rings (SSSR count). The first-order valence-corrected chi connectivity index (χ1v) is 12.8. The summed E-state index contributed by atoms with van der Waals surface area (Å²) in [5, 5.41) is 0. The molecule has 0 aromatic heterocycles. The molecule has 4 heteroatoms. The van der Waals surface area contributed by atoms with Crippen LogP contribution in [0.15, 0.2) is 60.7 Å². The van der Waals surface area contributed by atoms with Crippen LogP contribution in [0.1, 0.15) is 80.1 Å². The van der Waals surface area contributed by atoms with Gasteiger partial charge < -0.3 is 14.3 Å². The summed E-state index contributed by atoms with van der Waals surface area (Å²) in [7, 11) is 0. The number of benzene rings is 3. The number of aldehydes is 1. The van der Waals surface area contributed by atoms with Gasteiger partial charge in [0.15, 0.2) is 0 Å². The SMILES string of the molecule is CCOC(=O)c1cccc(-c2c(CC=O)cccc2OCc2ccc3c(c2)C(C)(C)CCC3(C)C)c1. The molecule has 0 heterocycles. The summed E-state index contributed by atoms with van der Waals surface area (Å²) < 4.78 is 11.6. The highest BCUT2D eigenvalue weighted by Crippen LogP contribution is 2.46. The Balaban J connectivity index is 1.68. The molecule has 0 N–H and O–H groups in total. The van der Waals surface area contributed by atoms with E-state index in [1.54, 1.807) is 19.1 Å². The Morgan fingerprint density at radius 2 is 1.64 bits per heavy atom. The lowest BCUT2D eigenvalue weighted by atomic mass is 9.63. The lowest BCUT2D eigenvalue weighted by Gasteiger charge is -2.42. The van der Waals surface area contributed by atoms with E-state index < -0.39 is 0 Å². The summed E-state index contributed by atoms with van der Waals surface area (Å²) in [5.74, 6) is 0.321. The highest BCUT2D eigenvalue weighted by molar-refractivity contribution is 5.91. The van der Waals surface area contributed by atoms with Gasteiger partial charge in [0, 0.05) is 12.0 Å². The quantitative estimate of drug-likeness (QED) is 0.251. The first-order valence-electron chi connectivity index (χ1n) is 12.8. The lowest BCUT2D eigenvalue weighted by Crippen LogP contribution is -2.33. The first kappa shape index (κ1) is 25.7. The summed E-state index contributed by atoms with van der Waals surface area (Å²) in [6.07, 6.45) is 3.50. The fourth-order valence-electron chi connectivity index (χ4n) is 5.19. The fraction of sp³-hybridized carbons (Fsp3) is 0.375. The minimum Gasteiger partial charge on any atom is -0.488 e. The standard InChI is InChI=1S/C32H36O4/c1-6-35-30(34)25-11-7-10-24(20-25)29-23(15-18-33)9-8-12-28(29)36-21-22-13-14-26-27(19-22)32(4,5)17-16-31(26,2)3/h7-14,18-20H,6,15-17,21H2,1-5H3. The number of ether oxygens (including phenoxy) is 2. The summed E-state index contributed by atoms with van der Waals surface area (Å²) in [5.41, 5.74) is 7.22. The molecule has 0 unspecified atom stereocenters. The predicted molar refractivity (Wildman–Crippen MR) is 144 cm³/mol. The molecule has 36 heavy (non-hydrogen) atoms. The van der Waals surface area contributed by atoms with Crippen LogP contribution < -0.4 is 4.74 Å². The maximum atomic E-state index is 12.3. The smallest absolute Gasteiger partial charge is 0.338 e. The third-order valence-corrected chi connectivity index (χ3v) is 7.39. The Bertz CT molecular complexity index is 1270. The molecule has 0 saturated carbocycles. The van der Waals surface area contributed by atoms with Crippen molar-refractivity contribution in [2.75, 3.05) is 6.61 Å². The third-order valence-electron chi connectivity index (χ3n) is 7.39. The highest BCUT2D eigenvalue weighted by atomic mass is 16.5. The van der Waals surface area contributed by atoms with Gasteiger partial charge in [-0.3, -0.25) is 0 Å². The van der Waals surface area contributed by atoms with E-state index in [0.717, 1.165) is 35.0 Å². The van der Waals surface area contributed by atoms with E-state index in [0.29, 0.717) is 24.5 Å². The average molecular weight is 485 g/mol. The Morgan fingerprint density at radius 1 is 0.917 bits per heavy atom. The Kier molecular flexibility index (Phi) is 7.35. The van der Waals surface area contributed by atoms with Crippen molar-refractivity contribution in [2.24, 2.45) is 0 Å². The van der Waals surface area contributed by atoms with Crippen molar-refractivity contribution in [1.29, 1.82) is 0 Å². The Labute approximate surface area is 214 Å². The maximum Gasteiger partial charge on any atom is 0.338 e. The second-order valence-electron chi connectivity index (χ2n) is 10.9. The van der Waals surface area contributed by atoms with E-state index >= 15 is 0 Å². The van der Waals surface area contributed by atoms with Crippen molar-refractivity contribution in [3.05, 3.63) is 88.5 Å². The zero-order valence-corrected chi connectivity index (χ0v) is 22.0. The monoisotopic (exact) mass is 484 g/mol. The van der Waals surface area contributed by atoms with Crippen LogP contribution in [0.4, 0.5) is 0 Å². The van der Waals surface area contributed by atoms with Gasteiger partial charge in [-0.15, -0.1) is 0 Å². The van der Waals surface area contributed by atoms with Gasteiger partial charge in [-0.05, 0) is 76.6 Å². The van der Waals surface area contributed by atoms with Crippen LogP contribution in [0.3, 0.4) is 0 Å². The van der Waals surface area contributed by atoms with E-state index in [-0.39, 0.29) is 23.2 Å². The van der Waals surface area contributed by atoms with Gasteiger partial charge in [0.05, 0.1) is 12.2 Å². The van der Waals surface area contributed by atoms with Crippen LogP contribution >= 0.6 is 0 Å². The van der Waals surface area contributed by atoms with Crippen LogP contribution in [-0.2, 0) is 33.4 Å². The van der Waals surface area contributed by atoms with E-state index in [9.17, 15) is 9.59 Å². The zero-order chi connectivity index (χ0) is 25.9. The van der Waals surface area contributed by atoms with Gasteiger partial charge in [-0.25, -0.2) is 4.79 Å². The maximum absolute atomic E-state index is 12.3. The lowest BCUT2D eigenvalue weighted by molar-refractivity contribution is -0.107. The second kappa shape index (κ2) is 10.3. The molecule has 3 aromatic rings. The molecule has 4 nitrogen and oxygen atoms in total. The van der Waals surface area contributed by atoms with Gasteiger partial charge in [-0.2, -0.15) is 0 Å². The van der Waals surface area contributed by atoms with Crippen molar-refractivity contribution in [1.82, 2.24) is 0 Å². The molecule has 1 aliphatic carbocycles. The van der Waals surface area contributed by atoms with Crippen molar-refractivity contribution in [3.63, 3.8) is 0 Å². The molecule has 0 aliphatic heterocycles. The summed E-state index contributed by atoms with van der Waals surface area (Å²) in [6, 6.07) is 19.8. The van der Waals surface area contributed by atoms with Gasteiger partial charge in [0.1, 0.15) is 18.6 Å². The summed E-state index contributed by atoms with van der Waals surface area (Å²) in [4.78, 5) is 23.8. The van der Waals surface area contributed by atoms with Crippen molar-refractivity contribution in [2.45, 2.75) is 71.3 Å². The van der Waals surface area contributed by atoms with Gasteiger partial charge >= 0.3 is 5.97 Å². The first-order chi connectivity index (χ1) is 17.2. The third kappa shape index (κ3) is 5.23. The van der Waals surface area contributed by atoms with Crippen LogP contribution in [0.2, 0.25) is 0 Å². The molecule has 0 fully saturated rings. The molecule has 0 saturated heterocycles. The Hall–Kier alpha value is -3.40. The number of fused-ring (bicyclic) bond motifs is 1. The zero-order valence-electron chi connectivity index (χ0n) is 22.0. The largest absolute Gasteiger partial charge is 0.488 e. The second-order valence-corrected chi connectivity index (χ2v) is 10.9. The predicted octanol–water partition coefficient (Wildman–Crippen LogP) is 7.20. The summed E-state index contributed by atoms with van der Waals surface area (Å²) in [6.45, 7) is 11.8. The number of hydrogen-bond acceptors (Lipinski definition) is 4. The Morgan fingerprint density at radius 3 is 2.36 bits per heavy atom. The van der Waals surface area contributed by atoms with Crippen LogP contribution in [0, 0.1) is 0 Å². The van der Waals surface area contributed by atoms with Gasteiger partial charge in [0.2, 0.25) is 0 Å². The number of hydrogen-bond donors (Lipinski definition) is 0. The van der Waals surface area contributed by atoms with Gasteiger partial charge in [-0.1, -0.05) is 70.2 Å². The van der Waals surface area contributed by atoms with Crippen molar-refractivity contribution < 1.29 is 19.1 Å². The van der Waals surface area contributed by atoms with Gasteiger partial charge in [0.25, 0.3) is 0 Å². The number of rotatable bonds is 8. The van der Waals surface area contributed by atoms with Crippen LogP contribution in [-0.4, -0.2) is 18.9 Å². The van der Waals surface area contributed by atoms with E-state index in [4.69, 9.17) is 9.47 Å². The number of carbonyl (C=O) groups excluding carboxylic acids is 2. The van der Waals surface area contributed by atoms with Crippen molar-refractivity contribution in [3.8, 4) is 16.9 Å². The molecule has 0 atom stereocenters. The van der Waals surface area contributed by atoms with E-state index in [1.165, 1.54) is 17.5 Å². The minimum atomic E-state index is -0.366. The molecule has 188 valence electrons. The van der Waals surface area contributed by atoms with Crippen LogP contribution in [0.25, 0.3) is 11.1 Å².